The second-order valence-corrected chi connectivity index (χ2v) is 5.97. The van der Waals surface area contributed by atoms with Gasteiger partial charge in [-0.2, -0.15) is 0 Å². The molecular formula is C19H29NO3. The van der Waals surface area contributed by atoms with Crippen molar-refractivity contribution in [2.75, 3.05) is 0 Å². The van der Waals surface area contributed by atoms with Gasteiger partial charge < -0.3 is 9.84 Å². The van der Waals surface area contributed by atoms with Gasteiger partial charge in [-0.1, -0.05) is 64.3 Å². The molecule has 1 heterocycles. The Kier molecular flexibility index (Phi) is 6.46. The van der Waals surface area contributed by atoms with Crippen molar-refractivity contribution >= 4 is 6.09 Å². The molecule has 2 atom stereocenters. The number of hydrogen-bond acceptors (Lipinski definition) is 3. The fourth-order valence-corrected chi connectivity index (χ4v) is 3.57. The Morgan fingerprint density at radius 3 is 2.48 bits per heavy atom. The molecule has 0 aromatic heterocycles. The van der Waals surface area contributed by atoms with E-state index in [9.17, 15) is 9.90 Å². The number of carbonyl (C=O) groups excluding carboxylic acids is 1. The van der Waals surface area contributed by atoms with Crippen LogP contribution in [-0.4, -0.2) is 28.4 Å². The highest BCUT2D eigenvalue weighted by molar-refractivity contribution is 5.71. The standard InChI is InChI=1S/C17H23NO3.C2H6/c1-2-12-8-6-7-11-14(12)15-16(19)18(17(20)21-15)13-9-4-3-5-10-13;1-2/h6-8,11,13,15-16,19H,2-5,9-10H2,1H3;1-2H3. The molecule has 23 heavy (non-hydrogen) atoms. The fourth-order valence-electron chi connectivity index (χ4n) is 3.57. The van der Waals surface area contributed by atoms with Gasteiger partial charge in [0.2, 0.25) is 0 Å². The number of nitrogens with zero attached hydrogens (tertiary/aromatic N) is 1. The fraction of sp³-hybridized carbons (Fsp3) is 0.632. The lowest BCUT2D eigenvalue weighted by molar-refractivity contribution is -0.00873. The molecule has 1 aromatic carbocycles. The van der Waals surface area contributed by atoms with E-state index in [1.807, 2.05) is 38.1 Å². The second-order valence-electron chi connectivity index (χ2n) is 5.97. The molecule has 128 valence electrons. The first-order valence-electron chi connectivity index (χ1n) is 8.97. The molecule has 1 amide bonds. The number of aryl methyl sites for hydroxylation is 1. The van der Waals surface area contributed by atoms with Gasteiger partial charge in [-0.3, -0.25) is 4.90 Å². The van der Waals surface area contributed by atoms with Crippen LogP contribution in [0, 0.1) is 0 Å². The Hall–Kier alpha value is -1.55. The number of aliphatic hydroxyl groups excluding tert-OH is 1. The third kappa shape index (κ3) is 3.69. The third-order valence-electron chi connectivity index (χ3n) is 4.71. The maximum atomic E-state index is 12.2. The minimum absolute atomic E-state index is 0.125. The number of hydrogen-bond donors (Lipinski definition) is 1. The summed E-state index contributed by atoms with van der Waals surface area (Å²) in [5.41, 5.74) is 2.05. The van der Waals surface area contributed by atoms with Gasteiger partial charge in [0.25, 0.3) is 0 Å². The van der Waals surface area contributed by atoms with E-state index in [4.69, 9.17) is 4.74 Å². The molecule has 2 unspecified atom stereocenters. The maximum absolute atomic E-state index is 12.2. The number of ether oxygens (including phenoxy) is 1. The third-order valence-corrected chi connectivity index (χ3v) is 4.71. The number of rotatable bonds is 3. The number of amides is 1. The lowest BCUT2D eigenvalue weighted by Gasteiger charge is -2.31. The number of aliphatic hydroxyl groups is 1. The molecule has 1 aliphatic heterocycles. The van der Waals surface area contributed by atoms with Crippen LogP contribution >= 0.6 is 0 Å². The predicted octanol–water partition coefficient (Wildman–Crippen LogP) is 4.42. The van der Waals surface area contributed by atoms with Crippen LogP contribution in [-0.2, 0) is 11.2 Å². The highest BCUT2D eigenvalue weighted by Gasteiger charge is 2.45. The smallest absolute Gasteiger partial charge is 0.412 e. The second kappa shape index (κ2) is 8.34. The largest absolute Gasteiger partial charge is 0.436 e. The predicted molar refractivity (Wildman–Crippen MR) is 91.1 cm³/mol. The topological polar surface area (TPSA) is 49.8 Å². The average molecular weight is 319 g/mol. The van der Waals surface area contributed by atoms with E-state index in [-0.39, 0.29) is 12.1 Å². The van der Waals surface area contributed by atoms with Gasteiger partial charge >= 0.3 is 6.09 Å². The first-order chi connectivity index (χ1) is 11.2. The number of benzene rings is 1. The van der Waals surface area contributed by atoms with Crippen LogP contribution in [0.25, 0.3) is 0 Å². The molecule has 2 fully saturated rings. The zero-order valence-electron chi connectivity index (χ0n) is 14.5. The Labute approximate surface area is 139 Å². The molecule has 1 saturated carbocycles. The summed E-state index contributed by atoms with van der Waals surface area (Å²) in [4.78, 5) is 13.8. The first kappa shape index (κ1) is 17.8. The number of carbonyl (C=O) groups is 1. The summed E-state index contributed by atoms with van der Waals surface area (Å²) < 4.78 is 5.50. The van der Waals surface area contributed by atoms with Gasteiger partial charge in [0.05, 0.1) is 0 Å². The van der Waals surface area contributed by atoms with E-state index in [1.54, 1.807) is 4.90 Å². The summed E-state index contributed by atoms with van der Waals surface area (Å²) in [5.74, 6) is 0. The first-order valence-corrected chi connectivity index (χ1v) is 8.97. The molecule has 0 bridgehead atoms. The van der Waals surface area contributed by atoms with E-state index < -0.39 is 12.3 Å². The van der Waals surface area contributed by atoms with E-state index in [0.29, 0.717) is 0 Å². The molecule has 4 nitrogen and oxygen atoms in total. The highest BCUT2D eigenvalue weighted by Crippen LogP contribution is 2.37. The minimum Gasteiger partial charge on any atom is -0.436 e. The maximum Gasteiger partial charge on any atom is 0.412 e. The van der Waals surface area contributed by atoms with Gasteiger partial charge in [-0.25, -0.2) is 4.79 Å². The molecule has 1 saturated heterocycles. The molecule has 2 aliphatic rings. The van der Waals surface area contributed by atoms with Crippen molar-refractivity contribution in [3.05, 3.63) is 35.4 Å². The van der Waals surface area contributed by atoms with E-state index in [0.717, 1.165) is 43.2 Å². The highest BCUT2D eigenvalue weighted by atomic mass is 16.6. The molecule has 0 spiro atoms. The average Bonchev–Trinajstić information content (AvgIpc) is 2.91. The van der Waals surface area contributed by atoms with Gasteiger partial charge in [-0.15, -0.1) is 0 Å². The van der Waals surface area contributed by atoms with Crippen molar-refractivity contribution in [1.29, 1.82) is 0 Å². The van der Waals surface area contributed by atoms with Crippen LogP contribution < -0.4 is 0 Å². The van der Waals surface area contributed by atoms with Gasteiger partial charge in [0, 0.05) is 11.6 Å². The van der Waals surface area contributed by atoms with Gasteiger partial charge in [0.1, 0.15) is 0 Å². The van der Waals surface area contributed by atoms with Crippen molar-refractivity contribution < 1.29 is 14.6 Å². The van der Waals surface area contributed by atoms with Crippen LogP contribution in [0.3, 0.4) is 0 Å². The summed E-state index contributed by atoms with van der Waals surface area (Å²) in [5, 5.41) is 10.6. The molecular weight excluding hydrogens is 290 g/mol. The summed E-state index contributed by atoms with van der Waals surface area (Å²) in [6, 6.07) is 8.01. The van der Waals surface area contributed by atoms with Crippen molar-refractivity contribution in [3.8, 4) is 0 Å². The quantitative estimate of drug-likeness (QED) is 0.897. The summed E-state index contributed by atoms with van der Waals surface area (Å²) in [6.45, 7) is 6.07. The van der Waals surface area contributed by atoms with Crippen LogP contribution in [0.2, 0.25) is 0 Å². The SMILES string of the molecule is CC.CCc1ccccc1C1OC(=O)N(C2CCCCC2)C1O. The molecule has 3 rings (SSSR count). The summed E-state index contributed by atoms with van der Waals surface area (Å²) in [6.07, 6.45) is 4.46. The van der Waals surface area contributed by atoms with Crippen molar-refractivity contribution in [2.45, 2.75) is 77.7 Å². The normalized spacial score (nSPS) is 24.9. The van der Waals surface area contributed by atoms with Crippen molar-refractivity contribution in [3.63, 3.8) is 0 Å². The summed E-state index contributed by atoms with van der Waals surface area (Å²) in [7, 11) is 0. The Morgan fingerprint density at radius 1 is 1.17 bits per heavy atom. The van der Waals surface area contributed by atoms with Crippen LogP contribution in [0.4, 0.5) is 4.79 Å². The van der Waals surface area contributed by atoms with E-state index in [2.05, 4.69) is 6.92 Å². The monoisotopic (exact) mass is 319 g/mol. The molecule has 1 N–H and O–H groups in total. The Balaban J connectivity index is 0.000000924. The van der Waals surface area contributed by atoms with Crippen molar-refractivity contribution in [2.24, 2.45) is 0 Å². The molecule has 1 aliphatic carbocycles. The lowest BCUT2D eigenvalue weighted by Crippen LogP contribution is -2.43. The zero-order valence-corrected chi connectivity index (χ0v) is 14.5. The molecule has 4 heteroatoms. The van der Waals surface area contributed by atoms with Crippen LogP contribution in [0.5, 0.6) is 0 Å². The van der Waals surface area contributed by atoms with Gasteiger partial charge in [0.15, 0.2) is 12.3 Å². The molecule has 1 aromatic rings. The van der Waals surface area contributed by atoms with Crippen LogP contribution in [0.15, 0.2) is 24.3 Å². The number of cyclic esters (lactones) is 1. The van der Waals surface area contributed by atoms with Gasteiger partial charge in [-0.05, 0) is 24.8 Å². The van der Waals surface area contributed by atoms with E-state index >= 15 is 0 Å². The Bertz CT molecular complexity index is 511. The Morgan fingerprint density at radius 2 is 1.83 bits per heavy atom. The molecule has 0 radical (unpaired) electrons. The summed E-state index contributed by atoms with van der Waals surface area (Å²) >= 11 is 0. The minimum atomic E-state index is -0.867. The van der Waals surface area contributed by atoms with Crippen LogP contribution in [0.1, 0.15) is 70.1 Å². The van der Waals surface area contributed by atoms with Crippen molar-refractivity contribution in [1.82, 2.24) is 4.90 Å². The lowest BCUT2D eigenvalue weighted by atomic mass is 9.93. The van der Waals surface area contributed by atoms with E-state index in [1.165, 1.54) is 6.42 Å². The zero-order chi connectivity index (χ0) is 16.8.